The first-order valence-electron chi connectivity index (χ1n) is 5.92. The van der Waals surface area contributed by atoms with E-state index in [-0.39, 0.29) is 4.90 Å². The van der Waals surface area contributed by atoms with Gasteiger partial charge in [0.2, 0.25) is 10.0 Å². The van der Waals surface area contributed by atoms with Crippen LogP contribution in [0.5, 0.6) is 0 Å². The van der Waals surface area contributed by atoms with Gasteiger partial charge in [0.15, 0.2) is 0 Å². The lowest BCUT2D eigenvalue weighted by atomic mass is 10.2. The number of nitrogen functional groups attached to an aromatic ring is 1. The summed E-state index contributed by atoms with van der Waals surface area (Å²) in [5, 5.41) is 0. The van der Waals surface area contributed by atoms with Gasteiger partial charge in [0, 0.05) is 29.1 Å². The lowest BCUT2D eigenvalue weighted by Gasteiger charge is -2.08. The van der Waals surface area contributed by atoms with Crippen LogP contribution in [0, 0.1) is 0 Å². The summed E-state index contributed by atoms with van der Waals surface area (Å²) in [6.07, 6.45) is 3.97. The van der Waals surface area contributed by atoms with Crippen molar-refractivity contribution in [1.29, 1.82) is 0 Å². The van der Waals surface area contributed by atoms with Gasteiger partial charge in [-0.15, -0.1) is 0 Å². The SMILES string of the molecule is Nc1ccc(S(=O)(=O)NCCc2ccncc2)cc1Br. The van der Waals surface area contributed by atoms with Gasteiger partial charge in [0.25, 0.3) is 0 Å². The number of anilines is 1. The van der Waals surface area contributed by atoms with Crippen molar-refractivity contribution in [2.24, 2.45) is 0 Å². The van der Waals surface area contributed by atoms with Crippen LogP contribution in [-0.4, -0.2) is 19.9 Å². The molecule has 2 rings (SSSR count). The molecule has 20 heavy (non-hydrogen) atoms. The summed E-state index contributed by atoms with van der Waals surface area (Å²) < 4.78 is 27.3. The average Bonchev–Trinajstić information content (AvgIpc) is 2.43. The monoisotopic (exact) mass is 355 g/mol. The van der Waals surface area contributed by atoms with Crippen molar-refractivity contribution in [3.8, 4) is 0 Å². The Balaban J connectivity index is 2.02. The second-order valence-corrected chi connectivity index (χ2v) is 6.81. The second kappa shape index (κ2) is 6.34. The van der Waals surface area contributed by atoms with Crippen LogP contribution in [0.4, 0.5) is 5.69 Å². The van der Waals surface area contributed by atoms with Gasteiger partial charge >= 0.3 is 0 Å². The van der Waals surface area contributed by atoms with Crippen molar-refractivity contribution in [3.63, 3.8) is 0 Å². The number of rotatable bonds is 5. The van der Waals surface area contributed by atoms with E-state index in [0.29, 0.717) is 23.1 Å². The molecule has 1 aromatic heterocycles. The first-order valence-corrected chi connectivity index (χ1v) is 8.20. The number of nitrogens with two attached hydrogens (primary N) is 1. The van der Waals surface area contributed by atoms with Crippen LogP contribution in [0.2, 0.25) is 0 Å². The van der Waals surface area contributed by atoms with Crippen molar-refractivity contribution < 1.29 is 8.42 Å². The molecule has 106 valence electrons. The second-order valence-electron chi connectivity index (χ2n) is 4.19. The molecule has 7 heteroatoms. The summed E-state index contributed by atoms with van der Waals surface area (Å²) in [5.41, 5.74) is 7.17. The molecule has 1 aromatic carbocycles. The van der Waals surface area contributed by atoms with Crippen LogP contribution >= 0.6 is 15.9 Å². The lowest BCUT2D eigenvalue weighted by Crippen LogP contribution is -2.26. The summed E-state index contributed by atoms with van der Waals surface area (Å²) in [6.45, 7) is 0.328. The van der Waals surface area contributed by atoms with E-state index in [9.17, 15) is 8.42 Å². The molecule has 0 spiro atoms. The summed E-state index contributed by atoms with van der Waals surface area (Å²) >= 11 is 3.22. The van der Waals surface area contributed by atoms with Gasteiger partial charge in [0.05, 0.1) is 4.90 Å². The third-order valence-electron chi connectivity index (χ3n) is 2.74. The summed E-state index contributed by atoms with van der Waals surface area (Å²) in [4.78, 5) is 4.10. The van der Waals surface area contributed by atoms with E-state index < -0.39 is 10.0 Å². The zero-order valence-electron chi connectivity index (χ0n) is 10.6. The third-order valence-corrected chi connectivity index (χ3v) is 4.88. The lowest BCUT2D eigenvalue weighted by molar-refractivity contribution is 0.581. The van der Waals surface area contributed by atoms with Crippen molar-refractivity contribution in [3.05, 3.63) is 52.8 Å². The molecule has 3 N–H and O–H groups in total. The number of halogens is 1. The zero-order chi connectivity index (χ0) is 14.6. The van der Waals surface area contributed by atoms with E-state index in [1.165, 1.54) is 12.1 Å². The minimum Gasteiger partial charge on any atom is -0.398 e. The number of pyridine rings is 1. The van der Waals surface area contributed by atoms with Gasteiger partial charge in [-0.3, -0.25) is 4.98 Å². The molecule has 0 saturated carbocycles. The van der Waals surface area contributed by atoms with Crippen molar-refractivity contribution >= 4 is 31.6 Å². The molecule has 0 amide bonds. The fourth-order valence-electron chi connectivity index (χ4n) is 1.64. The molecule has 0 saturated heterocycles. The number of hydrogen-bond donors (Lipinski definition) is 2. The Labute approximate surface area is 126 Å². The molecular formula is C13H14BrN3O2S. The molecular weight excluding hydrogens is 342 g/mol. The highest BCUT2D eigenvalue weighted by atomic mass is 79.9. The molecule has 1 heterocycles. The molecule has 0 bridgehead atoms. The number of aromatic nitrogens is 1. The topological polar surface area (TPSA) is 85.1 Å². The molecule has 5 nitrogen and oxygen atoms in total. The van der Waals surface area contributed by atoms with Crippen LogP contribution in [0.3, 0.4) is 0 Å². The number of nitrogens with one attached hydrogen (secondary N) is 1. The van der Waals surface area contributed by atoms with Crippen molar-refractivity contribution in [1.82, 2.24) is 9.71 Å². The van der Waals surface area contributed by atoms with Gasteiger partial charge in [-0.25, -0.2) is 13.1 Å². The van der Waals surface area contributed by atoms with E-state index in [0.717, 1.165) is 5.56 Å². The first kappa shape index (κ1) is 15.0. The van der Waals surface area contributed by atoms with Crippen molar-refractivity contribution in [2.45, 2.75) is 11.3 Å². The standard InChI is InChI=1S/C13H14BrN3O2S/c14-12-9-11(1-2-13(12)15)20(18,19)17-8-5-10-3-6-16-7-4-10/h1-4,6-7,9,17H,5,8,15H2. The largest absolute Gasteiger partial charge is 0.398 e. The van der Waals surface area contributed by atoms with E-state index >= 15 is 0 Å². The smallest absolute Gasteiger partial charge is 0.240 e. The molecule has 0 radical (unpaired) electrons. The Hall–Kier alpha value is -1.44. The molecule has 0 unspecified atom stereocenters. The minimum absolute atomic E-state index is 0.188. The molecule has 0 fully saturated rings. The van der Waals surface area contributed by atoms with Crippen LogP contribution in [0.25, 0.3) is 0 Å². The van der Waals surface area contributed by atoms with Crippen LogP contribution in [0.1, 0.15) is 5.56 Å². The van der Waals surface area contributed by atoms with Gasteiger partial charge in [-0.05, 0) is 58.2 Å². The maximum Gasteiger partial charge on any atom is 0.240 e. The highest BCUT2D eigenvalue weighted by Crippen LogP contribution is 2.22. The number of benzene rings is 1. The van der Waals surface area contributed by atoms with E-state index in [2.05, 4.69) is 25.6 Å². The van der Waals surface area contributed by atoms with Gasteiger partial charge in [0.1, 0.15) is 0 Å². The van der Waals surface area contributed by atoms with Crippen LogP contribution in [-0.2, 0) is 16.4 Å². The fraction of sp³-hybridized carbons (Fsp3) is 0.154. The summed E-state index contributed by atoms with van der Waals surface area (Å²) in [7, 11) is -3.52. The van der Waals surface area contributed by atoms with Crippen LogP contribution < -0.4 is 10.5 Å². The first-order chi connectivity index (χ1) is 9.49. The Kier molecular flexibility index (Phi) is 4.74. The predicted molar refractivity (Wildman–Crippen MR) is 81.7 cm³/mol. The van der Waals surface area contributed by atoms with E-state index in [4.69, 9.17) is 5.73 Å². The molecule has 0 aliphatic rings. The molecule has 0 aliphatic heterocycles. The molecule has 2 aromatic rings. The fourth-order valence-corrected chi connectivity index (χ4v) is 3.23. The predicted octanol–water partition coefficient (Wildman–Crippen LogP) is 1.95. The molecule has 0 atom stereocenters. The zero-order valence-corrected chi connectivity index (χ0v) is 13.0. The Bertz CT molecular complexity index is 690. The van der Waals surface area contributed by atoms with Crippen LogP contribution in [0.15, 0.2) is 52.1 Å². The average molecular weight is 356 g/mol. The van der Waals surface area contributed by atoms with Gasteiger partial charge in [-0.1, -0.05) is 0 Å². The molecule has 0 aliphatic carbocycles. The summed E-state index contributed by atoms with van der Waals surface area (Å²) in [5.74, 6) is 0. The van der Waals surface area contributed by atoms with Gasteiger partial charge in [-0.2, -0.15) is 0 Å². The Morgan fingerprint density at radius 1 is 1.20 bits per heavy atom. The maximum atomic E-state index is 12.1. The van der Waals surface area contributed by atoms with E-state index in [1.54, 1.807) is 18.5 Å². The Morgan fingerprint density at radius 3 is 2.55 bits per heavy atom. The Morgan fingerprint density at radius 2 is 1.90 bits per heavy atom. The number of nitrogens with zero attached hydrogens (tertiary/aromatic N) is 1. The highest BCUT2D eigenvalue weighted by molar-refractivity contribution is 9.10. The summed E-state index contributed by atoms with van der Waals surface area (Å²) in [6, 6.07) is 8.24. The van der Waals surface area contributed by atoms with Crippen molar-refractivity contribution in [2.75, 3.05) is 12.3 Å². The highest BCUT2D eigenvalue weighted by Gasteiger charge is 2.14. The number of sulfonamides is 1. The van der Waals surface area contributed by atoms with E-state index in [1.807, 2.05) is 12.1 Å². The minimum atomic E-state index is -3.52. The quantitative estimate of drug-likeness (QED) is 0.802. The number of hydrogen-bond acceptors (Lipinski definition) is 4. The third kappa shape index (κ3) is 3.78. The normalized spacial score (nSPS) is 11.4. The maximum absolute atomic E-state index is 12.1. The van der Waals surface area contributed by atoms with Gasteiger partial charge < -0.3 is 5.73 Å².